The SMILES string of the molecule is CCCCN(CC(=O)N1CC(=O)N(c2cccc(C)c2)C1)C(=O)c1ccc(-c2ccccc2)cc1. The maximum atomic E-state index is 13.3. The number of carbonyl (C=O) groups excluding carboxylic acids is 3. The van der Waals surface area contributed by atoms with Crippen LogP contribution in [-0.4, -0.2) is 53.8 Å². The Bertz CT molecular complexity index is 1190. The molecule has 1 aliphatic heterocycles. The number of nitrogens with zero attached hydrogens (tertiary/aromatic N) is 3. The third-order valence-corrected chi connectivity index (χ3v) is 6.24. The molecule has 35 heavy (non-hydrogen) atoms. The normalized spacial score (nSPS) is 13.3. The first-order chi connectivity index (χ1) is 17.0. The van der Waals surface area contributed by atoms with Crippen LogP contribution < -0.4 is 4.90 Å². The van der Waals surface area contributed by atoms with Crippen LogP contribution in [0.1, 0.15) is 35.7 Å². The second-order valence-electron chi connectivity index (χ2n) is 8.92. The maximum Gasteiger partial charge on any atom is 0.254 e. The average molecular weight is 470 g/mol. The number of rotatable bonds is 8. The lowest BCUT2D eigenvalue weighted by Gasteiger charge is -2.25. The summed E-state index contributed by atoms with van der Waals surface area (Å²) in [6, 6.07) is 25.1. The first kappa shape index (κ1) is 24.2. The van der Waals surface area contributed by atoms with E-state index in [1.54, 1.807) is 9.80 Å². The van der Waals surface area contributed by atoms with Crippen molar-refractivity contribution in [1.82, 2.24) is 9.80 Å². The Labute approximate surface area is 206 Å². The monoisotopic (exact) mass is 469 g/mol. The standard InChI is InChI=1S/C29H31N3O3/c1-3-4-17-30(29(35)25-15-13-24(14-16-25)23-10-6-5-7-11-23)19-27(33)31-20-28(34)32(21-31)26-12-8-9-22(2)18-26/h5-16,18H,3-4,17,19-21H2,1-2H3. The zero-order valence-corrected chi connectivity index (χ0v) is 20.3. The number of amides is 3. The molecule has 1 saturated heterocycles. The average Bonchev–Trinajstić information content (AvgIpc) is 3.28. The quantitative estimate of drug-likeness (QED) is 0.479. The van der Waals surface area contributed by atoms with Crippen molar-refractivity contribution < 1.29 is 14.4 Å². The minimum Gasteiger partial charge on any atom is -0.329 e. The van der Waals surface area contributed by atoms with Crippen molar-refractivity contribution >= 4 is 23.4 Å². The largest absolute Gasteiger partial charge is 0.329 e. The van der Waals surface area contributed by atoms with Gasteiger partial charge in [-0.3, -0.25) is 19.3 Å². The molecule has 3 aromatic rings. The minimum atomic E-state index is -0.223. The van der Waals surface area contributed by atoms with Gasteiger partial charge in [-0.25, -0.2) is 0 Å². The zero-order valence-electron chi connectivity index (χ0n) is 20.3. The molecule has 4 rings (SSSR count). The van der Waals surface area contributed by atoms with Crippen LogP contribution in [-0.2, 0) is 9.59 Å². The summed E-state index contributed by atoms with van der Waals surface area (Å²) >= 11 is 0. The van der Waals surface area contributed by atoms with Gasteiger partial charge in [0.1, 0.15) is 19.8 Å². The molecule has 3 amide bonds. The van der Waals surface area contributed by atoms with E-state index in [0.717, 1.165) is 35.2 Å². The lowest BCUT2D eigenvalue weighted by Crippen LogP contribution is -2.43. The molecular formula is C29H31N3O3. The van der Waals surface area contributed by atoms with Gasteiger partial charge < -0.3 is 9.80 Å². The summed E-state index contributed by atoms with van der Waals surface area (Å²) in [6.45, 7) is 4.69. The van der Waals surface area contributed by atoms with Crippen LogP contribution in [0, 0.1) is 6.92 Å². The molecule has 180 valence electrons. The number of aryl methyl sites for hydroxylation is 1. The van der Waals surface area contributed by atoms with Crippen LogP contribution in [0.5, 0.6) is 0 Å². The van der Waals surface area contributed by atoms with Crippen LogP contribution in [0.4, 0.5) is 5.69 Å². The number of hydrogen-bond donors (Lipinski definition) is 0. The Morgan fingerprint density at radius 1 is 0.914 bits per heavy atom. The van der Waals surface area contributed by atoms with Gasteiger partial charge in [-0.2, -0.15) is 0 Å². The van der Waals surface area contributed by atoms with E-state index < -0.39 is 0 Å². The predicted octanol–water partition coefficient (Wildman–Crippen LogP) is 4.74. The van der Waals surface area contributed by atoms with E-state index in [4.69, 9.17) is 0 Å². The van der Waals surface area contributed by atoms with Gasteiger partial charge in [0.25, 0.3) is 5.91 Å². The van der Waals surface area contributed by atoms with E-state index in [0.29, 0.717) is 12.1 Å². The van der Waals surface area contributed by atoms with Gasteiger partial charge in [0.15, 0.2) is 0 Å². The van der Waals surface area contributed by atoms with Crippen LogP contribution in [0.3, 0.4) is 0 Å². The molecule has 6 heteroatoms. The first-order valence-corrected chi connectivity index (χ1v) is 12.1. The highest BCUT2D eigenvalue weighted by Crippen LogP contribution is 2.22. The fourth-order valence-electron chi connectivity index (χ4n) is 4.22. The van der Waals surface area contributed by atoms with E-state index in [1.807, 2.05) is 85.8 Å². The van der Waals surface area contributed by atoms with Gasteiger partial charge in [-0.1, -0.05) is 67.9 Å². The molecule has 0 spiro atoms. The minimum absolute atomic E-state index is 0.0222. The van der Waals surface area contributed by atoms with Gasteiger partial charge in [0.05, 0.1) is 0 Å². The number of hydrogen-bond acceptors (Lipinski definition) is 3. The summed E-state index contributed by atoms with van der Waals surface area (Å²) in [7, 11) is 0. The lowest BCUT2D eigenvalue weighted by molar-refractivity contribution is -0.132. The Morgan fingerprint density at radius 2 is 1.63 bits per heavy atom. The third kappa shape index (κ3) is 5.77. The lowest BCUT2D eigenvalue weighted by atomic mass is 10.0. The highest BCUT2D eigenvalue weighted by atomic mass is 16.2. The summed E-state index contributed by atoms with van der Waals surface area (Å²) < 4.78 is 0. The summed E-state index contributed by atoms with van der Waals surface area (Å²) in [5, 5.41) is 0. The molecule has 6 nitrogen and oxygen atoms in total. The van der Waals surface area contributed by atoms with Gasteiger partial charge in [0, 0.05) is 17.8 Å². The van der Waals surface area contributed by atoms with Crippen LogP contribution in [0.15, 0.2) is 78.9 Å². The topological polar surface area (TPSA) is 60.9 Å². The smallest absolute Gasteiger partial charge is 0.254 e. The number of anilines is 1. The molecule has 0 saturated carbocycles. The number of benzene rings is 3. The highest BCUT2D eigenvalue weighted by Gasteiger charge is 2.33. The second kappa shape index (κ2) is 11.0. The van der Waals surface area contributed by atoms with Crippen molar-refractivity contribution in [2.24, 2.45) is 0 Å². The molecule has 0 radical (unpaired) electrons. The molecule has 1 aliphatic rings. The van der Waals surface area contributed by atoms with E-state index in [-0.39, 0.29) is 37.5 Å². The van der Waals surface area contributed by atoms with Crippen LogP contribution >= 0.6 is 0 Å². The van der Waals surface area contributed by atoms with Gasteiger partial charge in [0.2, 0.25) is 11.8 Å². The van der Waals surface area contributed by atoms with E-state index in [9.17, 15) is 14.4 Å². The molecule has 0 aromatic heterocycles. The van der Waals surface area contributed by atoms with Crippen molar-refractivity contribution in [2.75, 3.05) is 31.2 Å². The second-order valence-corrected chi connectivity index (χ2v) is 8.92. The molecule has 0 bridgehead atoms. The summed E-state index contributed by atoms with van der Waals surface area (Å²) in [5.41, 5.74) is 4.50. The third-order valence-electron chi connectivity index (χ3n) is 6.24. The predicted molar refractivity (Wildman–Crippen MR) is 138 cm³/mol. The van der Waals surface area contributed by atoms with Crippen molar-refractivity contribution in [3.8, 4) is 11.1 Å². The molecule has 1 heterocycles. The fourth-order valence-corrected chi connectivity index (χ4v) is 4.22. The summed E-state index contributed by atoms with van der Waals surface area (Å²) in [6.07, 6.45) is 1.71. The Morgan fingerprint density at radius 3 is 2.31 bits per heavy atom. The fraction of sp³-hybridized carbons (Fsp3) is 0.276. The molecule has 3 aromatic carbocycles. The Balaban J connectivity index is 1.45. The first-order valence-electron chi connectivity index (χ1n) is 12.1. The molecule has 0 aliphatic carbocycles. The maximum absolute atomic E-state index is 13.3. The van der Waals surface area contributed by atoms with Crippen molar-refractivity contribution in [1.29, 1.82) is 0 Å². The molecule has 0 atom stereocenters. The summed E-state index contributed by atoms with van der Waals surface area (Å²) in [4.78, 5) is 43.8. The number of unbranched alkanes of at least 4 members (excludes halogenated alkanes) is 1. The molecule has 0 unspecified atom stereocenters. The summed E-state index contributed by atoms with van der Waals surface area (Å²) in [5.74, 6) is -0.516. The van der Waals surface area contributed by atoms with Crippen molar-refractivity contribution in [2.45, 2.75) is 26.7 Å². The van der Waals surface area contributed by atoms with Crippen LogP contribution in [0.25, 0.3) is 11.1 Å². The molecule has 1 fully saturated rings. The van der Waals surface area contributed by atoms with Crippen LogP contribution in [0.2, 0.25) is 0 Å². The van der Waals surface area contributed by atoms with E-state index in [2.05, 4.69) is 6.92 Å². The van der Waals surface area contributed by atoms with E-state index in [1.165, 1.54) is 4.90 Å². The molecular weight excluding hydrogens is 438 g/mol. The van der Waals surface area contributed by atoms with Crippen molar-refractivity contribution in [3.05, 3.63) is 90.0 Å². The van der Waals surface area contributed by atoms with Gasteiger partial charge in [-0.05, 0) is 54.3 Å². The Kier molecular flexibility index (Phi) is 7.60. The highest BCUT2D eigenvalue weighted by molar-refractivity contribution is 6.01. The number of carbonyl (C=O) groups is 3. The zero-order chi connectivity index (χ0) is 24.8. The van der Waals surface area contributed by atoms with E-state index >= 15 is 0 Å². The van der Waals surface area contributed by atoms with Crippen molar-refractivity contribution in [3.63, 3.8) is 0 Å². The van der Waals surface area contributed by atoms with Gasteiger partial charge >= 0.3 is 0 Å². The van der Waals surface area contributed by atoms with Gasteiger partial charge in [-0.15, -0.1) is 0 Å². The Hall–Kier alpha value is -3.93. The molecule has 0 N–H and O–H groups in total.